The van der Waals surface area contributed by atoms with Crippen LogP contribution in [-0.2, 0) is 9.59 Å². The summed E-state index contributed by atoms with van der Waals surface area (Å²) in [6.45, 7) is 1.56. The zero-order chi connectivity index (χ0) is 16.2. The van der Waals surface area contributed by atoms with Crippen LogP contribution in [0.5, 0.6) is 0 Å². The number of carbonyl (C=O) groups excluding carboxylic acids is 2. The van der Waals surface area contributed by atoms with Crippen LogP contribution < -0.4 is 5.32 Å². The molecule has 0 radical (unpaired) electrons. The van der Waals surface area contributed by atoms with E-state index in [9.17, 15) is 9.59 Å². The predicted octanol–water partition coefficient (Wildman–Crippen LogP) is 2.75. The second kappa shape index (κ2) is 6.99. The molecule has 3 atom stereocenters. The Morgan fingerprint density at radius 3 is 2.78 bits per heavy atom. The van der Waals surface area contributed by atoms with Gasteiger partial charge in [0.05, 0.1) is 6.04 Å². The average Bonchev–Trinajstić information content (AvgIpc) is 2.53. The summed E-state index contributed by atoms with van der Waals surface area (Å²) in [6, 6.07) is 10.6. The molecule has 0 spiro atoms. The Balaban J connectivity index is 1.79. The molecule has 0 bridgehead atoms. The Morgan fingerprint density at radius 2 is 2.04 bits per heavy atom. The van der Waals surface area contributed by atoms with E-state index in [1.807, 2.05) is 18.2 Å². The fourth-order valence-electron chi connectivity index (χ4n) is 3.84. The number of hydrogen-bond donors (Lipinski definition) is 1. The molecule has 2 fully saturated rings. The Hall–Kier alpha value is -2.10. The number of nitrogens with zero attached hydrogens (tertiary/aromatic N) is 1. The van der Waals surface area contributed by atoms with E-state index >= 15 is 0 Å². The Kier molecular flexibility index (Phi) is 4.79. The van der Waals surface area contributed by atoms with Gasteiger partial charge in [-0.3, -0.25) is 9.59 Å². The van der Waals surface area contributed by atoms with Crippen molar-refractivity contribution in [3.63, 3.8) is 0 Å². The second-order valence-electron chi connectivity index (χ2n) is 6.55. The first-order valence-corrected chi connectivity index (χ1v) is 8.45. The third-order valence-electron chi connectivity index (χ3n) is 4.77. The Morgan fingerprint density at radius 1 is 1.26 bits per heavy atom. The lowest BCUT2D eigenvalue weighted by Crippen LogP contribution is -2.57. The van der Waals surface area contributed by atoms with Crippen LogP contribution in [-0.4, -0.2) is 34.8 Å². The number of rotatable bonds is 3. The minimum absolute atomic E-state index is 0.0105. The minimum atomic E-state index is 0.0105. The van der Waals surface area contributed by atoms with Crippen molar-refractivity contribution < 1.29 is 9.59 Å². The quantitative estimate of drug-likeness (QED) is 0.933. The van der Waals surface area contributed by atoms with Crippen LogP contribution >= 0.6 is 0 Å². The van der Waals surface area contributed by atoms with Gasteiger partial charge in [0.25, 0.3) is 0 Å². The number of nitrogens with one attached hydrogen (secondary N) is 1. The van der Waals surface area contributed by atoms with E-state index in [0.717, 1.165) is 31.2 Å². The predicted molar refractivity (Wildman–Crippen MR) is 90.6 cm³/mol. The fraction of sp³-hybridized carbons (Fsp3) is 0.474. The molecule has 2 heterocycles. The maximum Gasteiger partial charge on any atom is 0.223 e. The SMILES string of the molecule is CC(=O)N[C@H]1C[C@H]2CCCC(=O)N2[C@H](/C=C/c2ccccc2)C1. The number of amides is 2. The largest absolute Gasteiger partial charge is 0.353 e. The summed E-state index contributed by atoms with van der Waals surface area (Å²) in [6.07, 6.45) is 8.53. The molecule has 2 amide bonds. The summed E-state index contributed by atoms with van der Waals surface area (Å²) in [7, 11) is 0. The lowest BCUT2D eigenvalue weighted by molar-refractivity contribution is -0.140. The van der Waals surface area contributed by atoms with Gasteiger partial charge < -0.3 is 10.2 Å². The van der Waals surface area contributed by atoms with Crippen molar-refractivity contribution in [1.29, 1.82) is 0 Å². The lowest BCUT2D eigenvalue weighted by atomic mass is 9.85. The molecule has 2 aliphatic rings. The highest BCUT2D eigenvalue weighted by Gasteiger charge is 2.39. The first kappa shape index (κ1) is 15.8. The standard InChI is InChI=1S/C19H24N2O2/c1-14(22)20-16-12-17-8-5-9-19(23)21(17)18(13-16)11-10-15-6-3-2-4-7-15/h2-4,6-7,10-11,16-18H,5,8-9,12-13H2,1H3,(H,20,22)/b11-10+/t16-,17+,18+/m0/s1. The minimum Gasteiger partial charge on any atom is -0.353 e. The Labute approximate surface area is 137 Å². The van der Waals surface area contributed by atoms with Crippen molar-refractivity contribution in [2.24, 2.45) is 0 Å². The van der Waals surface area contributed by atoms with E-state index in [-0.39, 0.29) is 29.9 Å². The molecule has 1 aromatic rings. The van der Waals surface area contributed by atoms with Gasteiger partial charge >= 0.3 is 0 Å². The normalized spacial score (nSPS) is 27.8. The van der Waals surface area contributed by atoms with Crippen LogP contribution in [0.3, 0.4) is 0 Å². The summed E-state index contributed by atoms with van der Waals surface area (Å²) in [5.41, 5.74) is 1.13. The van der Waals surface area contributed by atoms with Gasteiger partial charge in [-0.05, 0) is 31.2 Å². The molecular weight excluding hydrogens is 288 g/mol. The molecule has 4 nitrogen and oxygen atoms in total. The zero-order valence-corrected chi connectivity index (χ0v) is 13.6. The molecule has 1 N–H and O–H groups in total. The highest BCUT2D eigenvalue weighted by molar-refractivity contribution is 5.78. The first-order chi connectivity index (χ1) is 11.1. The summed E-state index contributed by atoms with van der Waals surface area (Å²) >= 11 is 0. The van der Waals surface area contributed by atoms with Crippen LogP contribution in [0.1, 0.15) is 44.6 Å². The lowest BCUT2D eigenvalue weighted by Gasteiger charge is -2.47. The van der Waals surface area contributed by atoms with E-state index < -0.39 is 0 Å². The molecule has 2 saturated heterocycles. The number of carbonyl (C=O) groups is 2. The number of fused-ring (bicyclic) bond motifs is 1. The second-order valence-corrected chi connectivity index (χ2v) is 6.55. The van der Waals surface area contributed by atoms with Crippen LogP contribution in [0.4, 0.5) is 0 Å². The van der Waals surface area contributed by atoms with Crippen LogP contribution in [0.2, 0.25) is 0 Å². The summed E-state index contributed by atoms with van der Waals surface area (Å²) < 4.78 is 0. The highest BCUT2D eigenvalue weighted by Crippen LogP contribution is 2.32. The molecule has 0 unspecified atom stereocenters. The maximum absolute atomic E-state index is 12.4. The van der Waals surface area contributed by atoms with Crippen LogP contribution in [0, 0.1) is 0 Å². The highest BCUT2D eigenvalue weighted by atomic mass is 16.2. The van der Waals surface area contributed by atoms with E-state index in [1.165, 1.54) is 0 Å². The number of piperidine rings is 2. The number of benzene rings is 1. The van der Waals surface area contributed by atoms with Crippen molar-refractivity contribution in [2.45, 2.75) is 57.2 Å². The van der Waals surface area contributed by atoms with Gasteiger partial charge in [0.15, 0.2) is 0 Å². The van der Waals surface area contributed by atoms with E-state index in [4.69, 9.17) is 0 Å². The number of hydrogen-bond acceptors (Lipinski definition) is 2. The molecule has 0 aromatic heterocycles. The van der Waals surface area contributed by atoms with Crippen molar-refractivity contribution in [1.82, 2.24) is 10.2 Å². The molecular formula is C19H24N2O2. The summed E-state index contributed by atoms with van der Waals surface area (Å²) in [4.78, 5) is 25.9. The first-order valence-electron chi connectivity index (χ1n) is 8.45. The molecule has 122 valence electrons. The van der Waals surface area contributed by atoms with Gasteiger partial charge in [0, 0.05) is 25.4 Å². The molecule has 0 aliphatic carbocycles. The molecule has 0 saturated carbocycles. The smallest absolute Gasteiger partial charge is 0.223 e. The third-order valence-corrected chi connectivity index (χ3v) is 4.77. The molecule has 3 rings (SSSR count). The average molecular weight is 312 g/mol. The van der Waals surface area contributed by atoms with Crippen molar-refractivity contribution >= 4 is 17.9 Å². The monoisotopic (exact) mass is 312 g/mol. The summed E-state index contributed by atoms with van der Waals surface area (Å²) in [5, 5.41) is 3.05. The van der Waals surface area contributed by atoms with Gasteiger partial charge in [0.2, 0.25) is 11.8 Å². The van der Waals surface area contributed by atoms with E-state index in [2.05, 4.69) is 34.5 Å². The van der Waals surface area contributed by atoms with E-state index in [1.54, 1.807) is 6.92 Å². The molecule has 2 aliphatic heterocycles. The zero-order valence-electron chi connectivity index (χ0n) is 13.6. The van der Waals surface area contributed by atoms with Gasteiger partial charge in [-0.2, -0.15) is 0 Å². The topological polar surface area (TPSA) is 49.4 Å². The third kappa shape index (κ3) is 3.81. The van der Waals surface area contributed by atoms with Gasteiger partial charge in [-0.15, -0.1) is 0 Å². The molecule has 23 heavy (non-hydrogen) atoms. The van der Waals surface area contributed by atoms with E-state index in [0.29, 0.717) is 6.42 Å². The van der Waals surface area contributed by atoms with Gasteiger partial charge in [-0.1, -0.05) is 42.5 Å². The van der Waals surface area contributed by atoms with Crippen molar-refractivity contribution in [2.75, 3.05) is 0 Å². The summed E-state index contributed by atoms with van der Waals surface area (Å²) in [5.74, 6) is 0.265. The maximum atomic E-state index is 12.4. The fourth-order valence-corrected chi connectivity index (χ4v) is 3.84. The van der Waals surface area contributed by atoms with Crippen molar-refractivity contribution in [3.05, 3.63) is 42.0 Å². The van der Waals surface area contributed by atoms with Gasteiger partial charge in [0.1, 0.15) is 0 Å². The van der Waals surface area contributed by atoms with Gasteiger partial charge in [-0.25, -0.2) is 0 Å². The van der Waals surface area contributed by atoms with Crippen molar-refractivity contribution in [3.8, 4) is 0 Å². The van der Waals surface area contributed by atoms with Crippen LogP contribution in [0.25, 0.3) is 6.08 Å². The molecule has 4 heteroatoms. The van der Waals surface area contributed by atoms with Crippen LogP contribution in [0.15, 0.2) is 36.4 Å². The Bertz CT molecular complexity index is 597. The molecule has 1 aromatic carbocycles.